The second kappa shape index (κ2) is 10.0. The predicted octanol–water partition coefficient (Wildman–Crippen LogP) is 4.24. The second-order valence-electron chi connectivity index (χ2n) is 8.90. The van der Waals surface area contributed by atoms with Gasteiger partial charge in [0.2, 0.25) is 0 Å². The first kappa shape index (κ1) is 22.6. The van der Waals surface area contributed by atoms with Crippen LogP contribution in [0.15, 0.2) is 71.3 Å². The number of fused-ring (bicyclic) bond motifs is 3. The molecule has 0 aliphatic carbocycles. The molecule has 1 fully saturated rings. The molecule has 36 heavy (non-hydrogen) atoms. The lowest BCUT2D eigenvalue weighted by Crippen LogP contribution is -2.47. The van der Waals surface area contributed by atoms with Crippen LogP contribution in [-0.4, -0.2) is 73.5 Å². The predicted molar refractivity (Wildman–Crippen MR) is 141 cm³/mol. The Morgan fingerprint density at radius 2 is 1.81 bits per heavy atom. The number of hydrogen-bond donors (Lipinski definition) is 1. The van der Waals surface area contributed by atoms with E-state index < -0.39 is 0 Å². The fraction of sp³-hybridized carbons (Fsp3) is 0.296. The van der Waals surface area contributed by atoms with E-state index in [-0.39, 0.29) is 0 Å². The SMILES string of the molecule is [B]CCOc1ccc(N2CCN(CCOc3cccc4c3nn3[nH]c(-c5ccco5)cc43)CC2)cc1. The summed E-state index contributed by atoms with van der Waals surface area (Å²) < 4.78 is 19.1. The molecule has 1 aliphatic heterocycles. The zero-order valence-electron chi connectivity index (χ0n) is 20.1. The van der Waals surface area contributed by atoms with Crippen molar-refractivity contribution in [3.8, 4) is 23.0 Å². The Hall–Kier alpha value is -3.85. The molecule has 0 atom stereocenters. The Labute approximate surface area is 210 Å². The van der Waals surface area contributed by atoms with Crippen LogP contribution >= 0.6 is 0 Å². The van der Waals surface area contributed by atoms with Crippen LogP contribution in [0, 0.1) is 0 Å². The maximum atomic E-state index is 6.19. The van der Waals surface area contributed by atoms with Crippen molar-refractivity contribution in [2.45, 2.75) is 6.32 Å². The first-order valence-electron chi connectivity index (χ1n) is 12.4. The fourth-order valence-electron chi connectivity index (χ4n) is 4.73. The number of aromatic nitrogens is 3. The van der Waals surface area contributed by atoms with Gasteiger partial charge in [-0.15, -0.1) is 5.10 Å². The lowest BCUT2D eigenvalue weighted by molar-refractivity contribution is 0.201. The molecular formula is C27H28BN5O3. The van der Waals surface area contributed by atoms with E-state index in [0.717, 1.165) is 72.1 Å². The van der Waals surface area contributed by atoms with Gasteiger partial charge in [-0.25, -0.2) is 0 Å². The Kier molecular flexibility index (Phi) is 6.30. The topological polar surface area (TPSA) is 71.2 Å². The van der Waals surface area contributed by atoms with Crippen LogP contribution in [-0.2, 0) is 0 Å². The van der Waals surface area contributed by atoms with Gasteiger partial charge in [0.1, 0.15) is 29.3 Å². The Morgan fingerprint density at radius 1 is 0.944 bits per heavy atom. The summed E-state index contributed by atoms with van der Waals surface area (Å²) in [6.45, 7) is 6.02. The number of rotatable bonds is 9. The standard InChI is InChI=1S/C27H28BN5O3/c28-10-17-34-21-8-6-20(7-9-21)32-13-11-31(12-14-32)15-18-36-26-4-1-3-22-24-19-23(25-5-2-16-35-25)29-33(24)30-27(22)26/h1-9,16,19,29H,10-15,17-18H2. The summed E-state index contributed by atoms with van der Waals surface area (Å²) in [5.41, 5.74) is 3.98. The number of nitrogens with zero attached hydrogens (tertiary/aromatic N) is 4. The lowest BCUT2D eigenvalue weighted by Gasteiger charge is -2.36. The second-order valence-corrected chi connectivity index (χ2v) is 8.90. The average molecular weight is 481 g/mol. The molecule has 5 aromatic rings. The van der Waals surface area contributed by atoms with Gasteiger partial charge in [0.25, 0.3) is 0 Å². The van der Waals surface area contributed by atoms with Crippen LogP contribution < -0.4 is 14.4 Å². The van der Waals surface area contributed by atoms with E-state index >= 15 is 0 Å². The molecule has 9 heteroatoms. The Balaban J connectivity index is 1.04. The molecule has 6 rings (SSSR count). The normalized spacial score (nSPS) is 14.6. The molecule has 3 aromatic heterocycles. The van der Waals surface area contributed by atoms with Crippen LogP contribution in [0.2, 0.25) is 6.32 Å². The molecule has 4 heterocycles. The van der Waals surface area contributed by atoms with Crippen LogP contribution in [0.4, 0.5) is 5.69 Å². The van der Waals surface area contributed by atoms with E-state index in [1.165, 1.54) is 5.69 Å². The molecule has 1 N–H and O–H groups in total. The summed E-state index contributed by atoms with van der Waals surface area (Å²) in [5, 5.41) is 9.07. The molecule has 2 radical (unpaired) electrons. The molecular weight excluding hydrogens is 453 g/mol. The van der Waals surface area contributed by atoms with Crippen LogP contribution in [0.3, 0.4) is 0 Å². The van der Waals surface area contributed by atoms with Gasteiger partial charge < -0.3 is 18.8 Å². The van der Waals surface area contributed by atoms with Gasteiger partial charge in [0.05, 0.1) is 26.2 Å². The molecule has 0 unspecified atom stereocenters. The molecule has 1 aliphatic rings. The quantitative estimate of drug-likeness (QED) is 0.318. The third kappa shape index (κ3) is 4.54. The van der Waals surface area contributed by atoms with Gasteiger partial charge in [-0.05, 0) is 48.5 Å². The maximum absolute atomic E-state index is 6.19. The first-order chi connectivity index (χ1) is 17.8. The molecule has 182 valence electrons. The highest BCUT2D eigenvalue weighted by atomic mass is 16.5. The van der Waals surface area contributed by atoms with Crippen molar-refractivity contribution in [3.63, 3.8) is 0 Å². The third-order valence-electron chi connectivity index (χ3n) is 6.62. The van der Waals surface area contributed by atoms with Crippen LogP contribution in [0.1, 0.15) is 0 Å². The van der Waals surface area contributed by atoms with E-state index in [2.05, 4.69) is 39.2 Å². The number of benzene rings is 2. The van der Waals surface area contributed by atoms with Crippen molar-refractivity contribution in [1.29, 1.82) is 0 Å². The van der Waals surface area contributed by atoms with Crippen LogP contribution in [0.25, 0.3) is 27.9 Å². The largest absolute Gasteiger partial charge is 0.494 e. The summed E-state index contributed by atoms with van der Waals surface area (Å²) in [5.74, 6) is 2.46. The van der Waals surface area contributed by atoms with Crippen molar-refractivity contribution in [3.05, 3.63) is 66.9 Å². The zero-order valence-corrected chi connectivity index (χ0v) is 20.1. The summed E-state index contributed by atoms with van der Waals surface area (Å²) in [7, 11) is 5.50. The third-order valence-corrected chi connectivity index (χ3v) is 6.62. The molecule has 1 saturated heterocycles. The van der Waals surface area contributed by atoms with Gasteiger partial charge in [-0.2, -0.15) is 4.63 Å². The number of piperazine rings is 1. The average Bonchev–Trinajstić information content (AvgIpc) is 3.65. The van der Waals surface area contributed by atoms with E-state index in [0.29, 0.717) is 19.5 Å². The number of nitrogens with one attached hydrogen (secondary N) is 1. The maximum Gasteiger partial charge on any atom is 0.151 e. The summed E-state index contributed by atoms with van der Waals surface area (Å²) in [6.07, 6.45) is 2.19. The number of hydrogen-bond acceptors (Lipinski definition) is 6. The fourth-order valence-corrected chi connectivity index (χ4v) is 4.73. The van der Waals surface area contributed by atoms with Gasteiger partial charge in [0.15, 0.2) is 5.76 Å². The van der Waals surface area contributed by atoms with Crippen molar-refractivity contribution < 1.29 is 13.9 Å². The number of ether oxygens (including phenoxy) is 2. The van der Waals surface area contributed by atoms with Crippen molar-refractivity contribution in [1.82, 2.24) is 19.7 Å². The highest BCUT2D eigenvalue weighted by Gasteiger charge is 2.18. The summed E-state index contributed by atoms with van der Waals surface area (Å²) in [4.78, 5) is 4.86. The number of H-pyrrole nitrogens is 1. The van der Waals surface area contributed by atoms with Gasteiger partial charge in [0, 0.05) is 43.8 Å². The molecule has 0 spiro atoms. The van der Waals surface area contributed by atoms with Crippen LogP contribution in [0.5, 0.6) is 11.5 Å². The number of furan rings is 1. The smallest absolute Gasteiger partial charge is 0.151 e. The molecule has 2 aromatic carbocycles. The minimum atomic E-state index is 0.523. The van der Waals surface area contributed by atoms with E-state index in [4.69, 9.17) is 26.8 Å². The highest BCUT2D eigenvalue weighted by Crippen LogP contribution is 2.30. The van der Waals surface area contributed by atoms with E-state index in [9.17, 15) is 0 Å². The zero-order chi connectivity index (χ0) is 24.3. The molecule has 8 nitrogen and oxygen atoms in total. The Bertz CT molecular complexity index is 1420. The Morgan fingerprint density at radius 3 is 2.58 bits per heavy atom. The summed E-state index contributed by atoms with van der Waals surface area (Å²) >= 11 is 0. The summed E-state index contributed by atoms with van der Waals surface area (Å²) in [6, 6.07) is 20.2. The van der Waals surface area contributed by atoms with Crippen molar-refractivity contribution >= 4 is 30.0 Å². The van der Waals surface area contributed by atoms with E-state index in [1.54, 1.807) is 10.9 Å². The van der Waals surface area contributed by atoms with Gasteiger partial charge >= 0.3 is 0 Å². The number of aromatic amines is 1. The molecule has 0 bridgehead atoms. The van der Waals surface area contributed by atoms with Crippen molar-refractivity contribution in [2.24, 2.45) is 0 Å². The van der Waals surface area contributed by atoms with Gasteiger partial charge in [-0.3, -0.25) is 10.00 Å². The van der Waals surface area contributed by atoms with Gasteiger partial charge in [-0.1, -0.05) is 18.5 Å². The molecule has 0 amide bonds. The lowest BCUT2D eigenvalue weighted by atomic mass is 10.1. The highest BCUT2D eigenvalue weighted by molar-refractivity contribution is 6.08. The first-order valence-corrected chi connectivity index (χ1v) is 12.4. The minimum absolute atomic E-state index is 0.523. The van der Waals surface area contributed by atoms with Crippen molar-refractivity contribution in [2.75, 3.05) is 50.8 Å². The van der Waals surface area contributed by atoms with E-state index in [1.807, 2.05) is 36.4 Å². The monoisotopic (exact) mass is 481 g/mol. The molecule has 0 saturated carbocycles. The minimum Gasteiger partial charge on any atom is -0.494 e. The number of anilines is 1.